The van der Waals surface area contributed by atoms with E-state index in [1.165, 1.54) is 11.8 Å². The Morgan fingerprint density at radius 1 is 1.55 bits per heavy atom. The molecule has 0 spiro atoms. The molecule has 2 rings (SSSR count). The highest BCUT2D eigenvalue weighted by Crippen LogP contribution is 2.48. The summed E-state index contributed by atoms with van der Waals surface area (Å²) in [6, 6.07) is -0.385. The van der Waals surface area contributed by atoms with Crippen molar-refractivity contribution in [2.24, 2.45) is 11.8 Å². The molecule has 1 amide bonds. The maximum Gasteiger partial charge on any atom is 0.357 e. The maximum atomic E-state index is 12.3. The maximum absolute atomic E-state index is 12.3. The van der Waals surface area contributed by atoms with Crippen molar-refractivity contribution in [2.45, 2.75) is 39.3 Å². The van der Waals surface area contributed by atoms with Crippen molar-refractivity contribution in [3.63, 3.8) is 0 Å². The lowest BCUT2D eigenvalue weighted by Crippen LogP contribution is -2.63. The molecule has 2 aliphatic rings. The molecule has 0 radical (unpaired) electrons. The number of aliphatic carboxylic acids is 1. The standard InChI is InChI=1S/C13H19NO5S/c1-4-5-20(19)11-6(2)9-8(7(3)15)12(16)14(9)10(11)13(17)18/h6-9,15H,4-5H2,1-3H3,(H,17,18)/t6-,7-,8-,9-,20?/m1/s1. The van der Waals surface area contributed by atoms with E-state index in [1.54, 1.807) is 6.92 Å². The minimum Gasteiger partial charge on any atom is -0.612 e. The summed E-state index contributed by atoms with van der Waals surface area (Å²) in [4.78, 5) is 25.0. The summed E-state index contributed by atoms with van der Waals surface area (Å²) in [6.45, 7) is 5.17. The predicted molar refractivity (Wildman–Crippen MR) is 72.9 cm³/mol. The van der Waals surface area contributed by atoms with E-state index in [0.717, 1.165) is 0 Å². The fourth-order valence-corrected chi connectivity index (χ4v) is 4.67. The van der Waals surface area contributed by atoms with Crippen LogP contribution in [0, 0.1) is 11.8 Å². The van der Waals surface area contributed by atoms with E-state index in [0.29, 0.717) is 17.1 Å². The van der Waals surface area contributed by atoms with Gasteiger partial charge in [0.05, 0.1) is 18.1 Å². The van der Waals surface area contributed by atoms with Gasteiger partial charge in [-0.2, -0.15) is 0 Å². The SMILES string of the molecule is CCC[S+]([O-])C1=C(C(=O)O)N2C(=O)[C@H]([C@@H](C)O)[C@H]2[C@H]1C. The first-order valence-corrected chi connectivity index (χ1v) is 8.01. The lowest BCUT2D eigenvalue weighted by molar-refractivity contribution is -0.163. The van der Waals surface area contributed by atoms with E-state index >= 15 is 0 Å². The number of hydrogen-bond donors (Lipinski definition) is 2. The number of amides is 1. The normalized spacial score (nSPS) is 31.9. The van der Waals surface area contributed by atoms with Gasteiger partial charge >= 0.3 is 5.97 Å². The van der Waals surface area contributed by atoms with Crippen LogP contribution in [-0.2, 0) is 20.8 Å². The molecular formula is C13H19NO5S. The van der Waals surface area contributed by atoms with Gasteiger partial charge in [-0.25, -0.2) is 4.79 Å². The Hall–Kier alpha value is -1.05. The third kappa shape index (κ3) is 2.04. The van der Waals surface area contributed by atoms with Crippen molar-refractivity contribution in [1.82, 2.24) is 4.90 Å². The molecule has 5 atom stereocenters. The molecule has 1 saturated heterocycles. The fourth-order valence-electron chi connectivity index (χ4n) is 3.13. The van der Waals surface area contributed by atoms with E-state index in [1.807, 2.05) is 6.92 Å². The summed E-state index contributed by atoms with van der Waals surface area (Å²) in [5.41, 5.74) is -0.142. The van der Waals surface area contributed by atoms with Crippen LogP contribution in [0.2, 0.25) is 0 Å². The van der Waals surface area contributed by atoms with E-state index in [9.17, 15) is 24.4 Å². The first-order valence-electron chi connectivity index (χ1n) is 6.69. The van der Waals surface area contributed by atoms with E-state index in [4.69, 9.17) is 0 Å². The molecule has 20 heavy (non-hydrogen) atoms. The second-order valence-corrected chi connectivity index (χ2v) is 6.86. The van der Waals surface area contributed by atoms with E-state index < -0.39 is 35.1 Å². The van der Waals surface area contributed by atoms with Crippen LogP contribution in [0.4, 0.5) is 0 Å². The van der Waals surface area contributed by atoms with Crippen LogP contribution in [0.25, 0.3) is 0 Å². The molecule has 0 aliphatic carbocycles. The monoisotopic (exact) mass is 301 g/mol. The molecule has 0 aromatic carbocycles. The average molecular weight is 301 g/mol. The molecule has 0 aromatic rings. The number of aliphatic hydroxyl groups is 1. The average Bonchev–Trinajstić information content (AvgIpc) is 2.59. The molecule has 2 heterocycles. The second-order valence-electron chi connectivity index (χ2n) is 5.32. The third-order valence-corrected chi connectivity index (χ3v) is 5.78. The zero-order chi connectivity index (χ0) is 15.2. The van der Waals surface area contributed by atoms with Gasteiger partial charge in [-0.3, -0.25) is 9.69 Å². The number of nitrogens with zero attached hydrogens (tertiary/aromatic N) is 1. The zero-order valence-corrected chi connectivity index (χ0v) is 12.5. The van der Waals surface area contributed by atoms with Gasteiger partial charge in [-0.15, -0.1) is 0 Å². The van der Waals surface area contributed by atoms with Crippen molar-refractivity contribution >= 4 is 23.1 Å². The topological polar surface area (TPSA) is 101 Å². The summed E-state index contributed by atoms with van der Waals surface area (Å²) in [7, 11) is 0. The summed E-state index contributed by atoms with van der Waals surface area (Å²) in [5.74, 6) is -2.14. The van der Waals surface area contributed by atoms with Gasteiger partial charge in [0, 0.05) is 5.92 Å². The lowest BCUT2D eigenvalue weighted by Gasteiger charge is -2.45. The highest BCUT2D eigenvalue weighted by molar-refractivity contribution is 7.95. The Morgan fingerprint density at radius 3 is 2.60 bits per heavy atom. The molecular weight excluding hydrogens is 282 g/mol. The van der Waals surface area contributed by atoms with Gasteiger partial charge in [-0.05, 0) is 24.5 Å². The molecule has 1 fully saturated rings. The summed E-state index contributed by atoms with van der Waals surface area (Å²) in [6.07, 6.45) is -0.158. The first-order chi connectivity index (χ1) is 9.32. The number of carboxylic acid groups (broad SMARTS) is 1. The number of carbonyl (C=O) groups excluding carboxylic acids is 1. The third-order valence-electron chi connectivity index (χ3n) is 3.95. The number of carboxylic acids is 1. The Bertz CT molecular complexity index is 475. The second kappa shape index (κ2) is 5.38. The highest BCUT2D eigenvalue weighted by atomic mass is 32.2. The smallest absolute Gasteiger partial charge is 0.357 e. The fraction of sp³-hybridized carbons (Fsp3) is 0.692. The van der Waals surface area contributed by atoms with Crippen LogP contribution in [0.15, 0.2) is 10.6 Å². The number of carbonyl (C=O) groups is 2. The van der Waals surface area contributed by atoms with Crippen LogP contribution in [0.5, 0.6) is 0 Å². The van der Waals surface area contributed by atoms with Gasteiger partial charge in [0.25, 0.3) is 0 Å². The minimum absolute atomic E-state index is 0.142. The van der Waals surface area contributed by atoms with Crippen molar-refractivity contribution in [3.05, 3.63) is 10.6 Å². The van der Waals surface area contributed by atoms with Crippen molar-refractivity contribution < 1.29 is 24.4 Å². The molecule has 112 valence electrons. The van der Waals surface area contributed by atoms with E-state index in [-0.39, 0.29) is 17.7 Å². The summed E-state index contributed by atoms with van der Waals surface area (Å²) >= 11 is -1.40. The van der Waals surface area contributed by atoms with Gasteiger partial charge in [0.1, 0.15) is 5.75 Å². The lowest BCUT2D eigenvalue weighted by atomic mass is 9.79. The molecule has 2 N–H and O–H groups in total. The van der Waals surface area contributed by atoms with E-state index in [2.05, 4.69) is 0 Å². The van der Waals surface area contributed by atoms with Crippen LogP contribution in [0.1, 0.15) is 27.2 Å². The Labute approximate surface area is 120 Å². The van der Waals surface area contributed by atoms with Crippen molar-refractivity contribution in [2.75, 3.05) is 5.75 Å². The number of fused-ring (bicyclic) bond motifs is 1. The zero-order valence-electron chi connectivity index (χ0n) is 11.7. The van der Waals surface area contributed by atoms with Crippen LogP contribution in [-0.4, -0.2) is 49.4 Å². The van der Waals surface area contributed by atoms with Crippen molar-refractivity contribution in [1.29, 1.82) is 0 Å². The predicted octanol–water partition coefficient (Wildman–Crippen LogP) is 0.299. The molecule has 2 aliphatic heterocycles. The molecule has 0 saturated carbocycles. The summed E-state index contributed by atoms with van der Waals surface area (Å²) in [5, 5.41) is 19.0. The largest absolute Gasteiger partial charge is 0.612 e. The number of β-lactam (4-membered cyclic amide) rings is 1. The summed E-state index contributed by atoms with van der Waals surface area (Å²) < 4.78 is 12.3. The number of hydrogen-bond acceptors (Lipinski definition) is 4. The Kier molecular flexibility index (Phi) is 4.13. The molecule has 6 nitrogen and oxygen atoms in total. The molecule has 0 bridgehead atoms. The highest BCUT2D eigenvalue weighted by Gasteiger charge is 2.62. The van der Waals surface area contributed by atoms with Crippen molar-refractivity contribution in [3.8, 4) is 0 Å². The quantitative estimate of drug-likeness (QED) is 0.562. The molecule has 0 aromatic heterocycles. The van der Waals surface area contributed by atoms with Crippen LogP contribution < -0.4 is 0 Å². The number of rotatable bonds is 5. The van der Waals surface area contributed by atoms with Crippen LogP contribution >= 0.6 is 0 Å². The first kappa shape index (κ1) is 15.3. The van der Waals surface area contributed by atoms with Gasteiger partial charge in [-0.1, -0.05) is 13.8 Å². The minimum atomic E-state index is -1.40. The Balaban J connectivity index is 2.40. The van der Waals surface area contributed by atoms with Gasteiger partial charge in [0.2, 0.25) is 5.91 Å². The number of aliphatic hydroxyl groups excluding tert-OH is 1. The van der Waals surface area contributed by atoms with Crippen LogP contribution in [0.3, 0.4) is 0 Å². The molecule has 1 unspecified atom stereocenters. The van der Waals surface area contributed by atoms with Gasteiger partial charge < -0.3 is 14.8 Å². The Morgan fingerprint density at radius 2 is 2.15 bits per heavy atom. The van der Waals surface area contributed by atoms with Gasteiger partial charge in [0.15, 0.2) is 10.6 Å². The molecule has 7 heteroatoms.